The Morgan fingerprint density at radius 3 is 2.35 bits per heavy atom. The first-order valence-electron chi connectivity index (χ1n) is 11.1. The average Bonchev–Trinajstić information content (AvgIpc) is 3.16. The highest BCUT2D eigenvalue weighted by molar-refractivity contribution is 6.09. The van der Waals surface area contributed by atoms with E-state index in [1.807, 2.05) is 32.9 Å². The highest BCUT2D eigenvalue weighted by Crippen LogP contribution is 2.56. The number of nitrogens with zero attached hydrogens (tertiary/aromatic N) is 6. The summed E-state index contributed by atoms with van der Waals surface area (Å²) in [5, 5.41) is 4.26. The monoisotopic (exact) mass is 460 g/mol. The van der Waals surface area contributed by atoms with Crippen molar-refractivity contribution in [1.29, 1.82) is 0 Å². The van der Waals surface area contributed by atoms with Crippen LogP contribution in [0.1, 0.15) is 39.2 Å². The molecule has 0 N–H and O–H groups in total. The molecule has 3 aromatic heterocycles. The SMILES string of the molecule is CC(C)(C)c1cnn(-c2cc(F)c(N3C(=O)C4(CC4)n4c(-c5ccccn5)cnc43)c(F)c2)c1. The van der Waals surface area contributed by atoms with Crippen molar-refractivity contribution in [2.24, 2.45) is 0 Å². The van der Waals surface area contributed by atoms with E-state index in [2.05, 4.69) is 15.1 Å². The summed E-state index contributed by atoms with van der Waals surface area (Å²) in [5.74, 6) is -1.90. The predicted octanol–water partition coefficient (Wildman–Crippen LogP) is 4.87. The largest absolute Gasteiger partial charge is 0.293 e. The van der Waals surface area contributed by atoms with Gasteiger partial charge in [-0.1, -0.05) is 26.8 Å². The number of halogens is 2. The first-order chi connectivity index (χ1) is 16.2. The molecule has 1 aliphatic carbocycles. The van der Waals surface area contributed by atoms with Crippen LogP contribution in [0.2, 0.25) is 0 Å². The highest BCUT2D eigenvalue weighted by atomic mass is 19.1. The number of hydrogen-bond acceptors (Lipinski definition) is 4. The number of carbonyl (C=O) groups excluding carboxylic acids is 1. The molecule has 1 spiro atoms. The fourth-order valence-electron chi connectivity index (χ4n) is 4.52. The number of carbonyl (C=O) groups is 1. The number of pyridine rings is 1. The minimum Gasteiger partial charge on any atom is -0.293 e. The summed E-state index contributed by atoms with van der Waals surface area (Å²) < 4.78 is 34.1. The Morgan fingerprint density at radius 2 is 1.76 bits per heavy atom. The van der Waals surface area contributed by atoms with Crippen LogP contribution in [0, 0.1) is 11.6 Å². The zero-order valence-corrected chi connectivity index (χ0v) is 19.0. The van der Waals surface area contributed by atoms with E-state index < -0.39 is 22.9 Å². The number of anilines is 2. The maximum atomic E-state index is 15.4. The highest BCUT2D eigenvalue weighted by Gasteiger charge is 2.62. The third-order valence-corrected chi connectivity index (χ3v) is 6.56. The zero-order chi connectivity index (χ0) is 23.8. The summed E-state index contributed by atoms with van der Waals surface area (Å²) in [6.07, 6.45) is 7.84. The second kappa shape index (κ2) is 6.82. The van der Waals surface area contributed by atoms with Crippen molar-refractivity contribution in [3.8, 4) is 17.1 Å². The molecule has 1 saturated carbocycles. The Bertz CT molecular complexity index is 1420. The molecule has 0 saturated heterocycles. The van der Waals surface area contributed by atoms with Crippen LogP contribution >= 0.6 is 0 Å². The van der Waals surface area contributed by atoms with Crippen molar-refractivity contribution < 1.29 is 13.6 Å². The first-order valence-corrected chi connectivity index (χ1v) is 11.1. The molecule has 4 aromatic rings. The zero-order valence-electron chi connectivity index (χ0n) is 19.0. The van der Waals surface area contributed by atoms with E-state index in [4.69, 9.17) is 0 Å². The summed E-state index contributed by atoms with van der Waals surface area (Å²) in [5.41, 5.74) is 1.00. The van der Waals surface area contributed by atoms with E-state index >= 15 is 8.78 Å². The summed E-state index contributed by atoms with van der Waals surface area (Å²) in [4.78, 5) is 23.3. The van der Waals surface area contributed by atoms with Gasteiger partial charge in [0.2, 0.25) is 5.95 Å². The molecular weight excluding hydrogens is 438 g/mol. The number of benzene rings is 1. The van der Waals surface area contributed by atoms with Crippen molar-refractivity contribution in [2.45, 2.75) is 44.6 Å². The average molecular weight is 460 g/mol. The van der Waals surface area contributed by atoms with Gasteiger partial charge >= 0.3 is 0 Å². The molecule has 7 nitrogen and oxygen atoms in total. The Balaban J connectivity index is 1.45. The molecule has 1 aromatic carbocycles. The van der Waals surface area contributed by atoms with E-state index in [-0.39, 0.29) is 23.0 Å². The second-order valence-corrected chi connectivity index (χ2v) is 9.85. The molecule has 0 radical (unpaired) electrons. The van der Waals surface area contributed by atoms with Gasteiger partial charge in [-0.15, -0.1) is 0 Å². The van der Waals surface area contributed by atoms with Gasteiger partial charge in [0.15, 0.2) is 11.6 Å². The molecule has 1 aliphatic heterocycles. The Kier molecular flexibility index (Phi) is 4.15. The predicted molar refractivity (Wildman–Crippen MR) is 122 cm³/mol. The molecule has 9 heteroatoms. The molecule has 0 atom stereocenters. The number of fused-ring (bicyclic) bond motifs is 2. The van der Waals surface area contributed by atoms with Gasteiger partial charge in [-0.05, 0) is 36.0 Å². The molecule has 1 amide bonds. The molecule has 0 unspecified atom stereocenters. The number of rotatable bonds is 3. The van der Waals surface area contributed by atoms with E-state index in [9.17, 15) is 4.79 Å². The van der Waals surface area contributed by atoms with E-state index in [1.165, 1.54) is 16.8 Å². The maximum absolute atomic E-state index is 15.4. The minimum absolute atomic E-state index is 0.155. The molecule has 1 fully saturated rings. The normalized spacial score (nSPS) is 16.4. The fraction of sp³-hybridized carbons (Fsp3) is 0.280. The number of aromatic nitrogens is 5. The number of amides is 1. The maximum Gasteiger partial charge on any atom is 0.260 e. The van der Waals surface area contributed by atoms with Crippen molar-refractivity contribution in [1.82, 2.24) is 24.3 Å². The molecule has 34 heavy (non-hydrogen) atoms. The molecule has 6 rings (SSSR count). The van der Waals surface area contributed by atoms with Crippen molar-refractivity contribution in [2.75, 3.05) is 4.90 Å². The van der Waals surface area contributed by atoms with Crippen LogP contribution in [0.25, 0.3) is 17.1 Å². The van der Waals surface area contributed by atoms with E-state index in [0.29, 0.717) is 24.2 Å². The molecule has 172 valence electrons. The van der Waals surface area contributed by atoms with Crippen LogP contribution in [0.5, 0.6) is 0 Å². The summed E-state index contributed by atoms with van der Waals surface area (Å²) in [6, 6.07) is 7.84. The van der Waals surface area contributed by atoms with Crippen LogP contribution in [-0.2, 0) is 15.7 Å². The minimum atomic E-state index is -0.875. The Morgan fingerprint density at radius 1 is 1.03 bits per heavy atom. The van der Waals surface area contributed by atoms with Gasteiger partial charge < -0.3 is 0 Å². The topological polar surface area (TPSA) is 68.8 Å². The third-order valence-electron chi connectivity index (χ3n) is 6.56. The van der Waals surface area contributed by atoms with Gasteiger partial charge in [0.05, 0.1) is 29.5 Å². The first kappa shape index (κ1) is 20.7. The molecule has 0 bridgehead atoms. The smallest absolute Gasteiger partial charge is 0.260 e. The van der Waals surface area contributed by atoms with Gasteiger partial charge in [0.1, 0.15) is 11.2 Å². The van der Waals surface area contributed by atoms with Gasteiger partial charge in [0, 0.05) is 24.5 Å². The standard InChI is InChI=1S/C25H22F2N6O/c1-24(2,3)15-12-30-31(14-15)16-10-17(26)21(18(27)11-16)32-22(34)25(7-8-25)33-20(13-29-23(32)33)19-6-4-5-9-28-19/h4-6,9-14H,7-8H2,1-3H3. The van der Waals surface area contributed by atoms with Gasteiger partial charge in [-0.3, -0.25) is 14.3 Å². The van der Waals surface area contributed by atoms with Crippen LogP contribution in [0.3, 0.4) is 0 Å². The fourth-order valence-corrected chi connectivity index (χ4v) is 4.52. The molecule has 4 heterocycles. The van der Waals surface area contributed by atoms with Gasteiger partial charge in [-0.2, -0.15) is 5.10 Å². The second-order valence-electron chi connectivity index (χ2n) is 9.85. The molecule has 2 aliphatic rings. The van der Waals surface area contributed by atoms with Gasteiger partial charge in [0.25, 0.3) is 5.91 Å². The lowest BCUT2D eigenvalue weighted by atomic mass is 9.90. The van der Waals surface area contributed by atoms with E-state index in [0.717, 1.165) is 10.5 Å². The van der Waals surface area contributed by atoms with Crippen LogP contribution in [0.15, 0.2) is 55.1 Å². The summed E-state index contributed by atoms with van der Waals surface area (Å²) in [6.45, 7) is 6.10. The lowest BCUT2D eigenvalue weighted by Gasteiger charge is -2.18. The Hall–Kier alpha value is -3.88. The summed E-state index contributed by atoms with van der Waals surface area (Å²) >= 11 is 0. The summed E-state index contributed by atoms with van der Waals surface area (Å²) in [7, 11) is 0. The van der Waals surface area contributed by atoms with E-state index in [1.54, 1.807) is 35.4 Å². The van der Waals surface area contributed by atoms with Crippen LogP contribution in [0.4, 0.5) is 20.4 Å². The molecular formula is C25H22F2N6O. The van der Waals surface area contributed by atoms with Crippen LogP contribution < -0.4 is 4.90 Å². The quantitative estimate of drug-likeness (QED) is 0.437. The Labute approximate surface area is 194 Å². The van der Waals surface area contributed by atoms with Crippen molar-refractivity contribution >= 4 is 17.5 Å². The van der Waals surface area contributed by atoms with Crippen molar-refractivity contribution in [3.05, 3.63) is 72.3 Å². The van der Waals surface area contributed by atoms with Crippen LogP contribution in [-0.4, -0.2) is 30.2 Å². The van der Waals surface area contributed by atoms with Crippen molar-refractivity contribution in [3.63, 3.8) is 0 Å². The lowest BCUT2D eigenvalue weighted by Crippen LogP contribution is -2.31. The number of imidazole rings is 1. The third kappa shape index (κ3) is 2.85. The van der Waals surface area contributed by atoms with Gasteiger partial charge in [-0.25, -0.2) is 23.3 Å². The number of hydrogen-bond donors (Lipinski definition) is 0. The lowest BCUT2D eigenvalue weighted by molar-refractivity contribution is -0.120.